The summed E-state index contributed by atoms with van der Waals surface area (Å²) in [5.41, 5.74) is 9.14. The number of aromatic hydroxyl groups is 1. The third-order valence-electron chi connectivity index (χ3n) is 4.02. The van der Waals surface area contributed by atoms with E-state index in [0.29, 0.717) is 24.9 Å². The number of rotatable bonds is 5. The Balaban J connectivity index is 1.97. The molecule has 0 aliphatic heterocycles. The molecule has 120 valence electrons. The zero-order valence-corrected chi connectivity index (χ0v) is 13.5. The number of hydrogen-bond acceptors (Lipinski definition) is 3. The molecule has 1 aromatic heterocycles. The third-order valence-corrected chi connectivity index (χ3v) is 4.02. The fourth-order valence-corrected chi connectivity index (χ4v) is 2.78. The molecule has 3 N–H and O–H groups in total. The molecular formula is C19H22N2O2. The van der Waals surface area contributed by atoms with Gasteiger partial charge < -0.3 is 20.1 Å². The van der Waals surface area contributed by atoms with Crippen molar-refractivity contribution in [2.45, 2.75) is 33.0 Å². The molecule has 3 rings (SSSR count). The lowest BCUT2D eigenvalue weighted by molar-refractivity contribution is 0.290. The molecule has 4 nitrogen and oxygen atoms in total. The van der Waals surface area contributed by atoms with E-state index >= 15 is 0 Å². The molecule has 1 heterocycles. The number of ether oxygens (including phenoxy) is 1. The second-order valence-corrected chi connectivity index (χ2v) is 5.97. The van der Waals surface area contributed by atoms with Gasteiger partial charge in [-0.2, -0.15) is 0 Å². The standard InChI is InChI=1S/C19H22N2O2/c1-13(2)21-11-15(12-23-19-6-4-3-5-18(19)22)16-9-14(10-20)7-8-17(16)21/h3-9,11,13,22H,10,12,20H2,1-2H3. The van der Waals surface area contributed by atoms with Crippen molar-refractivity contribution in [3.05, 3.63) is 59.8 Å². The molecular weight excluding hydrogens is 288 g/mol. The molecule has 4 heteroatoms. The van der Waals surface area contributed by atoms with Gasteiger partial charge in [0.15, 0.2) is 11.5 Å². The Labute approximate surface area is 136 Å². The summed E-state index contributed by atoms with van der Waals surface area (Å²) in [6, 6.07) is 13.7. The van der Waals surface area contributed by atoms with Crippen molar-refractivity contribution in [1.82, 2.24) is 4.57 Å². The Morgan fingerprint density at radius 3 is 2.65 bits per heavy atom. The van der Waals surface area contributed by atoms with Crippen molar-refractivity contribution in [1.29, 1.82) is 0 Å². The average Bonchev–Trinajstić information content (AvgIpc) is 2.92. The Kier molecular flexibility index (Phi) is 4.26. The van der Waals surface area contributed by atoms with E-state index in [2.05, 4.69) is 42.8 Å². The van der Waals surface area contributed by atoms with Crippen LogP contribution in [0.15, 0.2) is 48.7 Å². The number of nitrogens with zero attached hydrogens (tertiary/aromatic N) is 1. The SMILES string of the molecule is CC(C)n1cc(COc2ccccc2O)c2cc(CN)ccc21. The maximum Gasteiger partial charge on any atom is 0.161 e. The fourth-order valence-electron chi connectivity index (χ4n) is 2.78. The maximum absolute atomic E-state index is 9.83. The molecule has 2 aromatic carbocycles. The summed E-state index contributed by atoms with van der Waals surface area (Å²) in [6.07, 6.45) is 2.12. The van der Waals surface area contributed by atoms with Crippen LogP contribution in [0, 0.1) is 0 Å². The Morgan fingerprint density at radius 1 is 1.17 bits per heavy atom. The third kappa shape index (κ3) is 3.03. The average molecular weight is 310 g/mol. The molecule has 0 amide bonds. The van der Waals surface area contributed by atoms with Crippen molar-refractivity contribution < 1.29 is 9.84 Å². The molecule has 0 atom stereocenters. The fraction of sp³-hybridized carbons (Fsp3) is 0.263. The number of phenols is 1. The van der Waals surface area contributed by atoms with Gasteiger partial charge in [-0.15, -0.1) is 0 Å². The van der Waals surface area contributed by atoms with Gasteiger partial charge in [-0.05, 0) is 43.7 Å². The van der Waals surface area contributed by atoms with Crippen LogP contribution in [-0.4, -0.2) is 9.67 Å². The number of aromatic nitrogens is 1. The smallest absolute Gasteiger partial charge is 0.161 e. The molecule has 0 unspecified atom stereocenters. The van der Waals surface area contributed by atoms with Gasteiger partial charge in [0.05, 0.1) is 0 Å². The molecule has 0 bridgehead atoms. The molecule has 0 aliphatic carbocycles. The van der Waals surface area contributed by atoms with Gasteiger partial charge >= 0.3 is 0 Å². The van der Waals surface area contributed by atoms with E-state index in [1.165, 1.54) is 5.52 Å². The van der Waals surface area contributed by atoms with Gasteiger partial charge in [0, 0.05) is 35.2 Å². The van der Waals surface area contributed by atoms with Crippen LogP contribution in [0.25, 0.3) is 10.9 Å². The van der Waals surface area contributed by atoms with Gasteiger partial charge in [-0.1, -0.05) is 18.2 Å². The largest absolute Gasteiger partial charge is 0.504 e. The Bertz CT molecular complexity index is 821. The van der Waals surface area contributed by atoms with E-state index in [1.54, 1.807) is 18.2 Å². The highest BCUT2D eigenvalue weighted by Gasteiger charge is 2.12. The molecule has 0 saturated heterocycles. The molecule has 3 aromatic rings. The second kappa shape index (κ2) is 6.34. The predicted molar refractivity (Wildman–Crippen MR) is 92.7 cm³/mol. The van der Waals surface area contributed by atoms with Crippen molar-refractivity contribution in [2.24, 2.45) is 5.73 Å². The van der Waals surface area contributed by atoms with Gasteiger partial charge in [-0.3, -0.25) is 0 Å². The summed E-state index contributed by atoms with van der Waals surface area (Å²) in [5.74, 6) is 0.649. The minimum absolute atomic E-state index is 0.155. The van der Waals surface area contributed by atoms with Crippen molar-refractivity contribution in [2.75, 3.05) is 0 Å². The van der Waals surface area contributed by atoms with E-state index in [9.17, 15) is 5.11 Å². The van der Waals surface area contributed by atoms with Crippen molar-refractivity contribution in [3.8, 4) is 11.5 Å². The summed E-state index contributed by atoms with van der Waals surface area (Å²) in [6.45, 7) is 5.23. The molecule has 0 radical (unpaired) electrons. The summed E-state index contributed by atoms with van der Waals surface area (Å²) in [4.78, 5) is 0. The first-order chi connectivity index (χ1) is 11.1. The van der Waals surface area contributed by atoms with E-state index in [1.807, 2.05) is 6.07 Å². The number of nitrogens with two attached hydrogens (primary N) is 1. The quantitative estimate of drug-likeness (QED) is 0.749. The van der Waals surface area contributed by atoms with Crippen LogP contribution < -0.4 is 10.5 Å². The van der Waals surface area contributed by atoms with E-state index in [4.69, 9.17) is 10.5 Å². The van der Waals surface area contributed by atoms with E-state index in [-0.39, 0.29) is 5.75 Å². The molecule has 0 aliphatic rings. The van der Waals surface area contributed by atoms with Crippen LogP contribution in [0.1, 0.15) is 31.0 Å². The lowest BCUT2D eigenvalue weighted by Crippen LogP contribution is -1.99. The predicted octanol–water partition coefficient (Wildman–Crippen LogP) is 3.97. The molecule has 0 spiro atoms. The van der Waals surface area contributed by atoms with Crippen LogP contribution in [0.4, 0.5) is 0 Å². The number of benzene rings is 2. The zero-order chi connectivity index (χ0) is 16.4. The summed E-state index contributed by atoms with van der Waals surface area (Å²) >= 11 is 0. The van der Waals surface area contributed by atoms with Gasteiger partial charge in [0.25, 0.3) is 0 Å². The van der Waals surface area contributed by atoms with Crippen molar-refractivity contribution >= 4 is 10.9 Å². The normalized spacial score (nSPS) is 11.3. The van der Waals surface area contributed by atoms with Crippen LogP contribution >= 0.6 is 0 Å². The zero-order valence-electron chi connectivity index (χ0n) is 13.5. The van der Waals surface area contributed by atoms with Crippen LogP contribution in [0.5, 0.6) is 11.5 Å². The highest BCUT2D eigenvalue weighted by molar-refractivity contribution is 5.84. The second-order valence-electron chi connectivity index (χ2n) is 5.97. The minimum atomic E-state index is 0.155. The van der Waals surface area contributed by atoms with E-state index in [0.717, 1.165) is 16.5 Å². The summed E-state index contributed by atoms with van der Waals surface area (Å²) < 4.78 is 8.04. The lowest BCUT2D eigenvalue weighted by atomic mass is 10.1. The minimum Gasteiger partial charge on any atom is -0.504 e. The monoisotopic (exact) mass is 310 g/mol. The Hall–Kier alpha value is -2.46. The van der Waals surface area contributed by atoms with E-state index < -0.39 is 0 Å². The highest BCUT2D eigenvalue weighted by Crippen LogP contribution is 2.29. The summed E-state index contributed by atoms with van der Waals surface area (Å²) in [7, 11) is 0. The first-order valence-electron chi connectivity index (χ1n) is 7.83. The molecule has 23 heavy (non-hydrogen) atoms. The van der Waals surface area contributed by atoms with Crippen LogP contribution in [0.2, 0.25) is 0 Å². The highest BCUT2D eigenvalue weighted by atomic mass is 16.5. The summed E-state index contributed by atoms with van der Waals surface area (Å²) in [5, 5.41) is 11.0. The van der Waals surface area contributed by atoms with Crippen LogP contribution in [-0.2, 0) is 13.2 Å². The maximum atomic E-state index is 9.83. The van der Waals surface area contributed by atoms with Gasteiger partial charge in [0.1, 0.15) is 6.61 Å². The first-order valence-corrected chi connectivity index (χ1v) is 7.83. The van der Waals surface area contributed by atoms with Gasteiger partial charge in [-0.25, -0.2) is 0 Å². The number of para-hydroxylation sites is 2. The number of phenolic OH excluding ortho intramolecular Hbond substituents is 1. The topological polar surface area (TPSA) is 60.4 Å². The van der Waals surface area contributed by atoms with Crippen LogP contribution in [0.3, 0.4) is 0 Å². The van der Waals surface area contributed by atoms with Crippen molar-refractivity contribution in [3.63, 3.8) is 0 Å². The Morgan fingerprint density at radius 2 is 1.96 bits per heavy atom. The number of fused-ring (bicyclic) bond motifs is 1. The number of hydrogen-bond donors (Lipinski definition) is 2. The van der Waals surface area contributed by atoms with Gasteiger partial charge in [0.2, 0.25) is 0 Å². The lowest BCUT2D eigenvalue weighted by Gasteiger charge is -2.09. The first kappa shape index (κ1) is 15.4. The molecule has 0 fully saturated rings. The molecule has 0 saturated carbocycles.